The maximum atomic E-state index is 13.2. The number of benzene rings is 3. The molecule has 1 N–H and O–H groups in total. The van der Waals surface area contributed by atoms with E-state index in [9.17, 15) is 9.59 Å². The summed E-state index contributed by atoms with van der Waals surface area (Å²) in [6.07, 6.45) is 3.90. The second kappa shape index (κ2) is 15.6. The first kappa shape index (κ1) is 32.8. The van der Waals surface area contributed by atoms with Crippen LogP contribution in [0.3, 0.4) is 0 Å². The zero-order valence-corrected chi connectivity index (χ0v) is 26.8. The Morgan fingerprint density at radius 1 is 0.891 bits per heavy atom. The number of furan rings is 1. The number of rotatable bonds is 8. The highest BCUT2D eigenvalue weighted by Gasteiger charge is 2.26. The quantitative estimate of drug-likeness (QED) is 0.274. The Bertz CT molecular complexity index is 1720. The van der Waals surface area contributed by atoms with Crippen LogP contribution in [0.25, 0.3) is 11.0 Å². The smallest absolute Gasteiger partial charge is 0.335 e. The zero-order chi connectivity index (χ0) is 32.5. The molecule has 3 heterocycles. The van der Waals surface area contributed by atoms with Gasteiger partial charge >= 0.3 is 11.6 Å². The largest absolute Gasteiger partial charge is 0.451 e. The first-order valence-electron chi connectivity index (χ1n) is 15.7. The number of anilines is 1. The van der Waals surface area contributed by atoms with Crippen LogP contribution in [-0.2, 0) is 29.3 Å². The molecule has 0 aliphatic carbocycles. The minimum Gasteiger partial charge on any atom is -0.451 e. The molecule has 1 aromatic heterocycles. The van der Waals surface area contributed by atoms with Crippen molar-refractivity contribution in [1.29, 1.82) is 5.26 Å². The first-order chi connectivity index (χ1) is 22.3. The fourth-order valence-electron chi connectivity index (χ4n) is 6.31. The summed E-state index contributed by atoms with van der Waals surface area (Å²) in [6, 6.07) is 26.2. The van der Waals surface area contributed by atoms with Gasteiger partial charge < -0.3 is 14.6 Å². The lowest BCUT2D eigenvalue weighted by Crippen LogP contribution is -2.44. The summed E-state index contributed by atoms with van der Waals surface area (Å²) in [6.45, 7) is 6.52. The van der Waals surface area contributed by atoms with Crippen LogP contribution in [-0.4, -0.2) is 57.2 Å². The molecule has 2 aliphatic heterocycles. The number of hydrogen-bond donors (Lipinski definition) is 1. The lowest BCUT2D eigenvalue weighted by Gasteiger charge is -2.33. The Labute approximate surface area is 272 Å². The van der Waals surface area contributed by atoms with E-state index in [1.807, 2.05) is 42.5 Å². The molecule has 238 valence electrons. The van der Waals surface area contributed by atoms with Crippen molar-refractivity contribution >= 4 is 39.9 Å². The molecule has 0 spiro atoms. The monoisotopic (exact) mass is 638 g/mol. The number of carbonyl (C=O) groups excluding carboxylic acids is 2. The summed E-state index contributed by atoms with van der Waals surface area (Å²) >= 11 is -0.750. The molecule has 4 aromatic rings. The Morgan fingerprint density at radius 2 is 1.54 bits per heavy atom. The van der Waals surface area contributed by atoms with Crippen LogP contribution < -0.4 is 10.2 Å². The molecule has 9 nitrogen and oxygen atoms in total. The number of Topliss-reactive ketones (excluding diaryl/α,β-unsaturated/α-hetero) is 1. The average molecular weight is 639 g/mol. The van der Waals surface area contributed by atoms with Gasteiger partial charge in [0, 0.05) is 62.2 Å². The van der Waals surface area contributed by atoms with Crippen LogP contribution in [0.1, 0.15) is 58.5 Å². The number of nitrogens with one attached hydrogen (secondary N) is 1. The van der Waals surface area contributed by atoms with E-state index in [-0.39, 0.29) is 23.7 Å². The molecule has 2 aliphatic rings. The molecule has 0 atom stereocenters. The van der Waals surface area contributed by atoms with Crippen molar-refractivity contribution in [1.82, 2.24) is 10.2 Å². The van der Waals surface area contributed by atoms with Gasteiger partial charge in [0.25, 0.3) is 5.91 Å². The summed E-state index contributed by atoms with van der Waals surface area (Å²) in [7, 11) is 0. The summed E-state index contributed by atoms with van der Waals surface area (Å²) in [5.41, 5.74) is 5.96. The number of piperidine rings is 2. The van der Waals surface area contributed by atoms with Gasteiger partial charge in [-0.25, -0.2) is 0 Å². The Hall–Kier alpha value is -4.59. The van der Waals surface area contributed by atoms with Gasteiger partial charge in [0.2, 0.25) is 0 Å². The predicted molar refractivity (Wildman–Crippen MR) is 177 cm³/mol. The maximum Gasteiger partial charge on any atom is 0.335 e. The molecule has 1 amide bonds. The van der Waals surface area contributed by atoms with E-state index in [0.717, 1.165) is 69.4 Å². The molecule has 0 unspecified atom stereocenters. The number of ketones is 1. The second-order valence-corrected chi connectivity index (χ2v) is 12.3. The maximum absolute atomic E-state index is 13.2. The van der Waals surface area contributed by atoms with Crippen LogP contribution in [0.4, 0.5) is 5.69 Å². The minimum atomic E-state index is -0.750. The second-order valence-electron chi connectivity index (χ2n) is 12.1. The van der Waals surface area contributed by atoms with Crippen molar-refractivity contribution in [2.24, 2.45) is 5.92 Å². The van der Waals surface area contributed by atoms with E-state index in [0.29, 0.717) is 23.3 Å². The van der Waals surface area contributed by atoms with Crippen molar-refractivity contribution in [3.63, 3.8) is 0 Å². The number of carbonyl (C=O) groups is 2. The lowest BCUT2D eigenvalue weighted by molar-refractivity contribution is -0.122. The number of nitriles is 1. The van der Waals surface area contributed by atoms with E-state index < -0.39 is 11.6 Å². The minimum absolute atomic E-state index is 0.0820. The van der Waals surface area contributed by atoms with Gasteiger partial charge in [-0.05, 0) is 86.2 Å². The van der Waals surface area contributed by atoms with Gasteiger partial charge in [0.15, 0.2) is 5.76 Å². The molecule has 10 heteroatoms. The van der Waals surface area contributed by atoms with Crippen LogP contribution in [0.2, 0.25) is 0 Å². The van der Waals surface area contributed by atoms with E-state index in [2.05, 4.69) is 52.4 Å². The summed E-state index contributed by atoms with van der Waals surface area (Å²) in [5, 5.41) is 13.0. The number of aryl methyl sites for hydroxylation is 1. The van der Waals surface area contributed by atoms with Crippen molar-refractivity contribution in [2.45, 2.75) is 51.6 Å². The average Bonchev–Trinajstić information content (AvgIpc) is 3.51. The molecular formula is C36H38N4O5S. The van der Waals surface area contributed by atoms with Crippen molar-refractivity contribution in [3.8, 4) is 6.07 Å². The van der Waals surface area contributed by atoms with Crippen LogP contribution in [0.5, 0.6) is 0 Å². The Balaban J connectivity index is 0.00000134. The van der Waals surface area contributed by atoms with Crippen LogP contribution in [0, 0.1) is 24.2 Å². The first-order valence-corrected chi connectivity index (χ1v) is 16.3. The third-order valence-electron chi connectivity index (χ3n) is 8.94. The number of fused-ring (bicyclic) bond motifs is 1. The van der Waals surface area contributed by atoms with Gasteiger partial charge in [-0.2, -0.15) is 13.7 Å². The lowest BCUT2D eigenvalue weighted by atomic mass is 9.89. The standard InChI is InChI=1S/C36H38N4O3.O2S/c1-25-2-9-32(10-3-25)40-18-12-29(13-19-40)33(41)21-28-8-11-34-30(20-28)22-35(43-34)36(42)38-31-14-16-39(17-15-31)24-27-6-4-26(23-37)5-7-27;1-3-2/h2-11,20,22,29,31H,12-19,21,24H2,1H3,(H,38,42);. The number of likely N-dealkylation sites (tertiary alicyclic amines) is 1. The zero-order valence-electron chi connectivity index (χ0n) is 25.9. The van der Waals surface area contributed by atoms with Crippen molar-refractivity contribution < 1.29 is 22.4 Å². The molecule has 6 rings (SSSR count). The van der Waals surface area contributed by atoms with E-state index in [1.54, 1.807) is 6.07 Å². The molecule has 0 radical (unpaired) electrons. The Kier molecular flexibility index (Phi) is 11.1. The molecule has 46 heavy (non-hydrogen) atoms. The molecule has 2 fully saturated rings. The molecule has 0 bridgehead atoms. The van der Waals surface area contributed by atoms with Crippen LogP contribution in [0.15, 0.2) is 77.2 Å². The SMILES string of the molecule is Cc1ccc(N2CCC(C(=O)Cc3ccc4oc(C(=O)NC5CCN(Cc6ccc(C#N)cc6)CC5)cc4c3)CC2)cc1.O=S=O. The highest BCUT2D eigenvalue weighted by atomic mass is 32.1. The van der Waals surface area contributed by atoms with Crippen molar-refractivity contribution in [2.75, 3.05) is 31.1 Å². The summed E-state index contributed by atoms with van der Waals surface area (Å²) in [5.74, 6) is 0.482. The van der Waals surface area contributed by atoms with E-state index in [4.69, 9.17) is 18.1 Å². The molecule has 0 saturated carbocycles. The van der Waals surface area contributed by atoms with Crippen LogP contribution >= 0.6 is 0 Å². The normalized spacial score (nSPS) is 15.9. The fraction of sp³-hybridized carbons (Fsp3) is 0.361. The number of hydrogen-bond acceptors (Lipinski definition) is 8. The number of amides is 1. The van der Waals surface area contributed by atoms with Gasteiger partial charge in [-0.1, -0.05) is 35.9 Å². The molecule has 3 aromatic carbocycles. The summed E-state index contributed by atoms with van der Waals surface area (Å²) in [4.78, 5) is 30.9. The van der Waals surface area contributed by atoms with E-state index >= 15 is 0 Å². The van der Waals surface area contributed by atoms with Gasteiger partial charge in [-0.15, -0.1) is 0 Å². The molecule has 2 saturated heterocycles. The highest BCUT2D eigenvalue weighted by molar-refractivity contribution is 7.51. The Morgan fingerprint density at radius 3 is 2.20 bits per heavy atom. The highest BCUT2D eigenvalue weighted by Crippen LogP contribution is 2.27. The predicted octanol–water partition coefficient (Wildman–Crippen LogP) is 5.37. The third-order valence-corrected chi connectivity index (χ3v) is 8.94. The summed E-state index contributed by atoms with van der Waals surface area (Å²) < 4.78 is 22.5. The third kappa shape index (κ3) is 8.56. The van der Waals surface area contributed by atoms with Crippen molar-refractivity contribution in [3.05, 3.63) is 101 Å². The van der Waals surface area contributed by atoms with Gasteiger partial charge in [0.05, 0.1) is 11.6 Å². The topological polar surface area (TPSA) is 124 Å². The van der Waals surface area contributed by atoms with Gasteiger partial charge in [0.1, 0.15) is 11.4 Å². The van der Waals surface area contributed by atoms with E-state index in [1.165, 1.54) is 16.8 Å². The molecular weight excluding hydrogens is 600 g/mol. The fourth-order valence-corrected chi connectivity index (χ4v) is 6.31. The number of nitrogens with zero attached hydrogens (tertiary/aromatic N) is 3. The van der Waals surface area contributed by atoms with Gasteiger partial charge in [-0.3, -0.25) is 14.5 Å².